The molecule has 0 spiro atoms. The van der Waals surface area contributed by atoms with Crippen LogP contribution in [-0.2, 0) is 23.0 Å². The van der Waals surface area contributed by atoms with Crippen molar-refractivity contribution in [1.29, 1.82) is 0 Å². The first kappa shape index (κ1) is 25.2. The van der Waals surface area contributed by atoms with Gasteiger partial charge in [0.05, 0.1) is 5.75 Å². The second-order valence-electron chi connectivity index (χ2n) is 10.5. The van der Waals surface area contributed by atoms with Crippen LogP contribution >= 0.6 is 0 Å². The fourth-order valence-electron chi connectivity index (χ4n) is 5.76. The number of piperazine rings is 1. The molecule has 2 saturated heterocycles. The highest BCUT2D eigenvalue weighted by atomic mass is 32.2. The van der Waals surface area contributed by atoms with E-state index in [1.807, 2.05) is 0 Å². The molecule has 2 aromatic rings. The Bertz CT molecular complexity index is 1190. The molecule has 9 nitrogen and oxygen atoms in total. The van der Waals surface area contributed by atoms with Crippen molar-refractivity contribution in [3.63, 3.8) is 0 Å². The maximum absolute atomic E-state index is 12.2. The molecule has 0 aliphatic carbocycles. The van der Waals surface area contributed by atoms with Crippen molar-refractivity contribution in [3.05, 3.63) is 41.0 Å². The molecule has 0 amide bonds. The van der Waals surface area contributed by atoms with Crippen molar-refractivity contribution in [1.82, 2.24) is 19.2 Å². The van der Waals surface area contributed by atoms with Gasteiger partial charge in [-0.25, -0.2) is 12.7 Å². The minimum absolute atomic E-state index is 0.175. The van der Waals surface area contributed by atoms with Gasteiger partial charge in [0.15, 0.2) is 0 Å². The molecule has 5 rings (SSSR count). The molecule has 2 N–H and O–H groups in total. The van der Waals surface area contributed by atoms with Gasteiger partial charge in [0.1, 0.15) is 11.6 Å². The van der Waals surface area contributed by atoms with Gasteiger partial charge in [-0.2, -0.15) is 9.97 Å². The summed E-state index contributed by atoms with van der Waals surface area (Å²) in [6.45, 7) is 9.86. The Hall–Kier alpha value is -2.43. The zero-order valence-electron chi connectivity index (χ0n) is 21.7. The number of rotatable bonds is 5. The Morgan fingerprint density at radius 3 is 2.36 bits per heavy atom. The number of piperidine rings is 1. The highest BCUT2D eigenvalue weighted by Crippen LogP contribution is 2.34. The van der Waals surface area contributed by atoms with Crippen LogP contribution in [0.15, 0.2) is 24.3 Å². The summed E-state index contributed by atoms with van der Waals surface area (Å²) in [4.78, 5) is 16.2. The van der Waals surface area contributed by atoms with Crippen LogP contribution in [0.2, 0.25) is 0 Å². The van der Waals surface area contributed by atoms with Crippen molar-refractivity contribution in [3.8, 4) is 0 Å². The van der Waals surface area contributed by atoms with Crippen LogP contribution in [0.4, 0.5) is 17.6 Å². The molecule has 0 radical (unpaired) electrons. The summed E-state index contributed by atoms with van der Waals surface area (Å²) in [5.41, 5.74) is 10.2. The molecular formula is C26H39N7O2S. The van der Waals surface area contributed by atoms with Gasteiger partial charge in [-0.05, 0) is 62.8 Å². The molecule has 1 aromatic carbocycles. The van der Waals surface area contributed by atoms with Gasteiger partial charge in [-0.3, -0.25) is 0 Å². The summed E-state index contributed by atoms with van der Waals surface area (Å²) >= 11 is 0. The van der Waals surface area contributed by atoms with Crippen molar-refractivity contribution >= 4 is 27.6 Å². The van der Waals surface area contributed by atoms with Crippen LogP contribution < -0.4 is 15.5 Å². The van der Waals surface area contributed by atoms with Gasteiger partial charge in [-0.1, -0.05) is 18.2 Å². The number of hydrogen-bond acceptors (Lipinski definition) is 8. The summed E-state index contributed by atoms with van der Waals surface area (Å²) < 4.78 is 26.2. The second kappa shape index (κ2) is 10.1. The summed E-state index contributed by atoms with van der Waals surface area (Å²) in [6, 6.07) is 9.27. The molecule has 3 aliphatic heterocycles. The first-order valence-corrected chi connectivity index (χ1v) is 14.8. The molecule has 36 heavy (non-hydrogen) atoms. The molecule has 4 heterocycles. The highest BCUT2D eigenvalue weighted by molar-refractivity contribution is 7.89. The third kappa shape index (κ3) is 5.17. The lowest BCUT2D eigenvalue weighted by atomic mass is 9.86. The van der Waals surface area contributed by atoms with E-state index in [1.54, 1.807) is 11.2 Å². The Labute approximate surface area is 215 Å². The van der Waals surface area contributed by atoms with Crippen molar-refractivity contribution in [2.75, 3.05) is 67.6 Å². The fourth-order valence-corrected chi connectivity index (χ4v) is 6.89. The van der Waals surface area contributed by atoms with E-state index in [9.17, 15) is 8.42 Å². The van der Waals surface area contributed by atoms with Crippen LogP contribution in [0, 0.1) is 0 Å². The summed E-state index contributed by atoms with van der Waals surface area (Å²) in [6.07, 6.45) is 2.69. The standard InChI is InChI=1S/C26H39N7O2S/c1-4-36(34,35)32-9-7-20(8-10-32)22-6-5-21-15-19(2)33(18-23(21)16-22)25-17-24(28-26(27)29-25)31-13-11-30(3)12-14-31/h5-6,16-17,19-20H,4,7-15,18H2,1-3H3,(H2,27,28,29). The molecule has 1 aromatic heterocycles. The van der Waals surface area contributed by atoms with Crippen molar-refractivity contribution < 1.29 is 8.42 Å². The second-order valence-corrected chi connectivity index (χ2v) is 12.8. The maximum Gasteiger partial charge on any atom is 0.223 e. The number of sulfonamides is 1. The largest absolute Gasteiger partial charge is 0.368 e. The third-order valence-corrected chi connectivity index (χ3v) is 10.0. The van der Waals surface area contributed by atoms with Gasteiger partial charge in [0.25, 0.3) is 0 Å². The Balaban J connectivity index is 1.34. The summed E-state index contributed by atoms with van der Waals surface area (Å²) in [7, 11) is -0.957. The van der Waals surface area contributed by atoms with E-state index in [-0.39, 0.29) is 5.75 Å². The molecule has 1 atom stereocenters. The smallest absolute Gasteiger partial charge is 0.223 e. The van der Waals surface area contributed by atoms with Gasteiger partial charge >= 0.3 is 0 Å². The van der Waals surface area contributed by atoms with Crippen molar-refractivity contribution in [2.24, 2.45) is 0 Å². The van der Waals surface area contributed by atoms with Gasteiger partial charge in [-0.15, -0.1) is 0 Å². The average Bonchev–Trinajstić information content (AvgIpc) is 2.88. The van der Waals surface area contributed by atoms with Crippen LogP contribution in [0.25, 0.3) is 0 Å². The molecule has 1 unspecified atom stereocenters. The fraction of sp³-hybridized carbons (Fsp3) is 0.615. The molecule has 2 fully saturated rings. The molecule has 0 bridgehead atoms. The predicted molar refractivity (Wildman–Crippen MR) is 145 cm³/mol. The van der Waals surface area contributed by atoms with E-state index in [4.69, 9.17) is 5.73 Å². The first-order chi connectivity index (χ1) is 17.2. The quantitative estimate of drug-likeness (QED) is 0.650. The van der Waals surface area contributed by atoms with Crippen molar-refractivity contribution in [2.45, 2.75) is 51.6 Å². The first-order valence-electron chi connectivity index (χ1n) is 13.2. The number of hydrogen-bond donors (Lipinski definition) is 1. The summed E-state index contributed by atoms with van der Waals surface area (Å²) in [5, 5.41) is 0. The maximum atomic E-state index is 12.2. The minimum atomic E-state index is -3.10. The monoisotopic (exact) mass is 513 g/mol. The number of nitrogens with zero attached hydrogens (tertiary/aromatic N) is 6. The predicted octanol–water partition coefficient (Wildman–Crippen LogP) is 2.29. The van der Waals surface area contributed by atoms with Gasteiger partial charge < -0.3 is 20.4 Å². The van der Waals surface area contributed by atoms with E-state index in [0.717, 1.165) is 63.6 Å². The number of aromatic nitrogens is 2. The number of anilines is 3. The van der Waals surface area contributed by atoms with Crippen LogP contribution in [0.3, 0.4) is 0 Å². The molecule has 196 valence electrons. The van der Waals surface area contributed by atoms with E-state index in [0.29, 0.717) is 31.0 Å². The normalized spacial score (nSPS) is 22.6. The van der Waals surface area contributed by atoms with Crippen LogP contribution in [-0.4, -0.2) is 85.7 Å². The SMILES string of the molecule is CCS(=O)(=O)N1CCC(c2ccc3c(c2)CN(c2cc(N4CCN(C)CC4)nc(N)n2)C(C)C3)CC1. The van der Waals surface area contributed by atoms with E-state index >= 15 is 0 Å². The highest BCUT2D eigenvalue weighted by Gasteiger charge is 2.30. The van der Waals surface area contributed by atoms with E-state index in [1.165, 1.54) is 16.7 Å². The number of nitrogens with two attached hydrogens (primary N) is 1. The lowest BCUT2D eigenvalue weighted by molar-refractivity contribution is 0.312. The van der Waals surface area contributed by atoms with Crippen LogP contribution in [0.5, 0.6) is 0 Å². The Morgan fingerprint density at radius 2 is 1.67 bits per heavy atom. The lowest BCUT2D eigenvalue weighted by Crippen LogP contribution is -2.45. The molecule has 10 heteroatoms. The molecule has 0 saturated carbocycles. The van der Waals surface area contributed by atoms with Crippen LogP contribution in [0.1, 0.15) is 49.3 Å². The van der Waals surface area contributed by atoms with E-state index in [2.05, 4.69) is 62.9 Å². The molecular weight excluding hydrogens is 474 g/mol. The third-order valence-electron chi connectivity index (χ3n) is 8.14. The number of benzene rings is 1. The Morgan fingerprint density at radius 1 is 0.972 bits per heavy atom. The number of fused-ring (bicyclic) bond motifs is 1. The van der Waals surface area contributed by atoms with Gasteiger partial charge in [0.2, 0.25) is 16.0 Å². The molecule has 3 aliphatic rings. The lowest BCUT2D eigenvalue weighted by Gasteiger charge is -2.38. The van der Waals surface area contributed by atoms with Gasteiger partial charge in [0, 0.05) is 57.9 Å². The topological polar surface area (TPSA) is 98.9 Å². The zero-order chi connectivity index (χ0) is 25.4. The number of nitrogen functional groups attached to an aromatic ring is 1. The van der Waals surface area contributed by atoms with E-state index < -0.39 is 10.0 Å². The minimum Gasteiger partial charge on any atom is -0.368 e. The summed E-state index contributed by atoms with van der Waals surface area (Å²) in [5.74, 6) is 2.69. The zero-order valence-corrected chi connectivity index (χ0v) is 22.5. The Kier molecular flexibility index (Phi) is 7.11. The number of likely N-dealkylation sites (N-methyl/N-ethyl adjacent to an activating group) is 1. The average molecular weight is 514 g/mol.